The fraction of sp³-hybridized carbons (Fsp3) is 0.571. The van der Waals surface area contributed by atoms with E-state index in [9.17, 15) is 18.3 Å². The van der Waals surface area contributed by atoms with E-state index in [-0.39, 0.29) is 53.0 Å². The maximum absolute atomic E-state index is 15.0. The van der Waals surface area contributed by atoms with Gasteiger partial charge < -0.3 is 9.84 Å². The number of hydrogen-bond donors (Lipinski definition) is 3. The number of nitrogens with one attached hydrogen (secondary N) is 2. The molecule has 1 aliphatic carbocycles. The van der Waals surface area contributed by atoms with E-state index in [1.54, 1.807) is 16.9 Å². The number of ether oxygens (including phenoxy) is 1. The maximum Gasteiger partial charge on any atom is 0.411 e. The minimum atomic E-state index is -4.85. The van der Waals surface area contributed by atoms with Crippen LogP contribution in [0.2, 0.25) is 0 Å². The average Bonchev–Trinajstić information content (AvgIpc) is 3.30. The first kappa shape index (κ1) is 31.0. The average molecular weight is 614 g/mol. The van der Waals surface area contributed by atoms with Crippen molar-refractivity contribution in [1.82, 2.24) is 35.7 Å². The number of halogens is 6. The number of aromatic amines is 1. The molecule has 43 heavy (non-hydrogen) atoms. The molecule has 1 aromatic carbocycles. The van der Waals surface area contributed by atoms with E-state index < -0.39 is 37.0 Å². The van der Waals surface area contributed by atoms with Crippen molar-refractivity contribution in [1.29, 1.82) is 0 Å². The lowest BCUT2D eigenvalue weighted by Crippen LogP contribution is -2.60. The molecule has 3 aromatic rings. The smallest absolute Gasteiger partial charge is 0.411 e. The SMILES string of the molecule is CCCC1CC1n1ccc(C2=C(c3nn[nH]n3)C(O)N[C@@](c3ccc(OCCCCCC(F)(F)F)cc3)(C(F)(F)F)C2)n1. The Labute approximate surface area is 243 Å². The highest BCUT2D eigenvalue weighted by molar-refractivity contribution is 5.91. The molecular weight excluding hydrogens is 580 g/mol. The molecule has 3 N–H and O–H groups in total. The summed E-state index contributed by atoms with van der Waals surface area (Å²) in [5, 5.41) is 31.8. The molecule has 0 spiro atoms. The van der Waals surface area contributed by atoms with Gasteiger partial charge in [0.25, 0.3) is 0 Å². The topological polar surface area (TPSA) is 114 Å². The van der Waals surface area contributed by atoms with Crippen molar-refractivity contribution < 1.29 is 36.2 Å². The molecule has 2 aromatic heterocycles. The van der Waals surface area contributed by atoms with Gasteiger partial charge in [-0.3, -0.25) is 10.00 Å². The van der Waals surface area contributed by atoms with Crippen LogP contribution in [0, 0.1) is 5.92 Å². The number of H-pyrrole nitrogens is 1. The van der Waals surface area contributed by atoms with E-state index >= 15 is 13.2 Å². The molecule has 3 heterocycles. The summed E-state index contributed by atoms with van der Waals surface area (Å²) in [7, 11) is 0. The molecule has 5 rings (SSSR count). The van der Waals surface area contributed by atoms with Gasteiger partial charge in [0.15, 0.2) is 0 Å². The molecule has 3 unspecified atom stereocenters. The van der Waals surface area contributed by atoms with Gasteiger partial charge in [0.1, 0.15) is 17.5 Å². The molecule has 0 saturated heterocycles. The zero-order valence-electron chi connectivity index (χ0n) is 23.4. The summed E-state index contributed by atoms with van der Waals surface area (Å²) in [6.45, 7) is 2.23. The molecule has 1 saturated carbocycles. The van der Waals surface area contributed by atoms with Crippen molar-refractivity contribution in [2.24, 2.45) is 5.92 Å². The lowest BCUT2D eigenvalue weighted by Gasteiger charge is -2.43. The molecule has 0 bridgehead atoms. The molecule has 4 atom stereocenters. The Morgan fingerprint density at radius 2 is 1.84 bits per heavy atom. The van der Waals surface area contributed by atoms with Crippen LogP contribution >= 0.6 is 0 Å². The quantitative estimate of drug-likeness (QED) is 0.171. The number of hydrogen-bond acceptors (Lipinski definition) is 7. The number of aliphatic hydroxyl groups excluding tert-OH is 1. The summed E-state index contributed by atoms with van der Waals surface area (Å²) in [4.78, 5) is 0. The van der Waals surface area contributed by atoms with Gasteiger partial charge >= 0.3 is 12.4 Å². The van der Waals surface area contributed by atoms with E-state index in [1.165, 1.54) is 24.3 Å². The molecule has 0 radical (unpaired) electrons. The Morgan fingerprint density at radius 3 is 2.49 bits per heavy atom. The fourth-order valence-electron chi connectivity index (χ4n) is 5.73. The van der Waals surface area contributed by atoms with Gasteiger partial charge in [-0.05, 0) is 72.6 Å². The van der Waals surface area contributed by atoms with Gasteiger partial charge in [-0.1, -0.05) is 25.5 Å². The van der Waals surface area contributed by atoms with Crippen LogP contribution in [-0.2, 0) is 5.54 Å². The van der Waals surface area contributed by atoms with Gasteiger partial charge in [0.2, 0.25) is 5.82 Å². The van der Waals surface area contributed by atoms with E-state index in [1.807, 2.05) is 0 Å². The van der Waals surface area contributed by atoms with Crippen molar-refractivity contribution in [3.8, 4) is 5.75 Å². The second-order valence-electron chi connectivity index (χ2n) is 11.1. The Balaban J connectivity index is 1.40. The monoisotopic (exact) mass is 613 g/mol. The molecule has 2 aliphatic rings. The number of nitrogens with zero attached hydrogens (tertiary/aromatic N) is 5. The minimum absolute atomic E-state index is 0.0200. The van der Waals surface area contributed by atoms with Gasteiger partial charge in [-0.2, -0.15) is 36.7 Å². The zero-order chi connectivity index (χ0) is 30.8. The van der Waals surface area contributed by atoms with Crippen LogP contribution in [-0.4, -0.2) is 60.7 Å². The van der Waals surface area contributed by atoms with Crippen LogP contribution in [0.1, 0.15) is 81.4 Å². The summed E-state index contributed by atoms with van der Waals surface area (Å²) in [6, 6.07) is 7.10. The number of benzene rings is 1. The predicted molar refractivity (Wildman–Crippen MR) is 143 cm³/mol. The second kappa shape index (κ2) is 12.3. The first-order chi connectivity index (χ1) is 20.4. The largest absolute Gasteiger partial charge is 0.494 e. The Bertz CT molecular complexity index is 1390. The van der Waals surface area contributed by atoms with Crippen LogP contribution in [0.3, 0.4) is 0 Å². The summed E-state index contributed by atoms with van der Waals surface area (Å²) < 4.78 is 89.3. The summed E-state index contributed by atoms with van der Waals surface area (Å²) in [6.07, 6.45) is -6.93. The molecule has 15 heteroatoms. The number of unbranched alkanes of at least 4 members (excludes halogenated alkanes) is 2. The van der Waals surface area contributed by atoms with Gasteiger partial charge in [-0.25, -0.2) is 0 Å². The van der Waals surface area contributed by atoms with Crippen molar-refractivity contribution in [2.45, 2.75) is 88.5 Å². The lowest BCUT2D eigenvalue weighted by molar-refractivity contribution is -0.207. The van der Waals surface area contributed by atoms with Crippen molar-refractivity contribution >= 4 is 11.1 Å². The van der Waals surface area contributed by atoms with Crippen LogP contribution in [0.4, 0.5) is 26.3 Å². The van der Waals surface area contributed by atoms with Gasteiger partial charge in [-0.15, -0.1) is 10.2 Å². The highest BCUT2D eigenvalue weighted by Gasteiger charge is 2.60. The van der Waals surface area contributed by atoms with Crippen LogP contribution in [0.25, 0.3) is 11.1 Å². The number of aromatic nitrogens is 6. The van der Waals surface area contributed by atoms with Crippen molar-refractivity contribution in [2.75, 3.05) is 6.61 Å². The highest BCUT2D eigenvalue weighted by Crippen LogP contribution is 2.51. The zero-order valence-corrected chi connectivity index (χ0v) is 23.4. The second-order valence-corrected chi connectivity index (χ2v) is 11.1. The summed E-state index contributed by atoms with van der Waals surface area (Å²) >= 11 is 0. The third-order valence-corrected chi connectivity index (χ3v) is 8.02. The van der Waals surface area contributed by atoms with Crippen LogP contribution in [0.15, 0.2) is 36.5 Å². The highest BCUT2D eigenvalue weighted by atomic mass is 19.4. The summed E-state index contributed by atoms with van der Waals surface area (Å²) in [5.41, 5.74) is -2.40. The van der Waals surface area contributed by atoms with Crippen molar-refractivity contribution in [3.63, 3.8) is 0 Å². The molecule has 9 nitrogen and oxygen atoms in total. The Hall–Kier alpha value is -3.46. The van der Waals surface area contributed by atoms with E-state index in [2.05, 4.69) is 38.0 Å². The first-order valence-corrected chi connectivity index (χ1v) is 14.3. The third-order valence-electron chi connectivity index (χ3n) is 8.02. The standard InChI is InChI=1S/C28H33F6N7O2/c1-2-6-17-15-22(17)41-13-11-21(38-41)20-16-26(28(32,33)34,35-25(42)23(20)24-36-39-40-37-24)18-7-9-19(10-8-18)43-14-5-3-4-12-27(29,30)31/h7-11,13,17,22,25,35,42H,2-6,12,14-16H2,1H3,(H,36,37,39,40)/t17?,22?,25?,26-/m0/s1. The number of tetrazole rings is 1. The third kappa shape index (κ3) is 6.87. The molecule has 1 aliphatic heterocycles. The van der Waals surface area contributed by atoms with Crippen LogP contribution < -0.4 is 10.1 Å². The molecule has 1 fully saturated rings. The predicted octanol–water partition coefficient (Wildman–Crippen LogP) is 5.94. The normalized spacial score (nSPS) is 24.4. The molecule has 234 valence electrons. The van der Waals surface area contributed by atoms with E-state index in [0.29, 0.717) is 18.8 Å². The lowest BCUT2D eigenvalue weighted by atomic mass is 9.77. The van der Waals surface area contributed by atoms with Gasteiger partial charge in [0, 0.05) is 24.6 Å². The summed E-state index contributed by atoms with van der Waals surface area (Å²) in [5.74, 6) is 0.702. The van der Waals surface area contributed by atoms with Gasteiger partial charge in [0.05, 0.1) is 18.3 Å². The fourth-order valence-corrected chi connectivity index (χ4v) is 5.73. The number of rotatable bonds is 12. The van der Waals surface area contributed by atoms with Crippen LogP contribution in [0.5, 0.6) is 5.75 Å². The Morgan fingerprint density at radius 1 is 1.07 bits per heavy atom. The number of alkyl halides is 6. The van der Waals surface area contributed by atoms with E-state index in [4.69, 9.17) is 4.74 Å². The molecular formula is C28H33F6N7O2. The number of aliphatic hydroxyl groups is 1. The maximum atomic E-state index is 15.0. The van der Waals surface area contributed by atoms with E-state index in [0.717, 1.165) is 19.3 Å². The first-order valence-electron chi connectivity index (χ1n) is 14.3. The molecule has 0 amide bonds. The Kier molecular flexibility index (Phi) is 8.84. The minimum Gasteiger partial charge on any atom is -0.494 e. The van der Waals surface area contributed by atoms with Crippen molar-refractivity contribution in [3.05, 3.63) is 53.6 Å².